The molecule has 0 aliphatic carbocycles. The molecule has 2 aromatic carbocycles. The average Bonchev–Trinajstić information content (AvgIpc) is 4.16. The molecule has 3 fully saturated rings. The van der Waals surface area contributed by atoms with Gasteiger partial charge < -0.3 is 39.7 Å². The fourth-order valence-electron chi connectivity index (χ4n) is 11.2. The van der Waals surface area contributed by atoms with Gasteiger partial charge in [0.2, 0.25) is 23.6 Å². The van der Waals surface area contributed by atoms with Crippen molar-refractivity contribution < 1.29 is 57.5 Å². The smallest absolute Gasteiger partial charge is 0.363 e. The van der Waals surface area contributed by atoms with Crippen molar-refractivity contribution in [2.75, 3.05) is 48.0 Å². The van der Waals surface area contributed by atoms with Crippen LogP contribution in [0.5, 0.6) is 0 Å². The van der Waals surface area contributed by atoms with E-state index in [0.29, 0.717) is 50.6 Å². The molecule has 3 aromatic rings. The molecule has 20 heteroatoms. The maximum absolute atomic E-state index is 14.8. The molecule has 1 unspecified atom stereocenters. The molecule has 0 radical (unpaired) electrons. The Hall–Kier alpha value is -6.22. The number of carbonyl (C=O) groups is 8. The first-order valence-corrected chi connectivity index (χ1v) is 27.3. The molecule has 3 saturated heterocycles. The van der Waals surface area contributed by atoms with Crippen LogP contribution in [0.4, 0.5) is 0 Å². The molecule has 3 N–H and O–H groups in total. The molecule has 422 valence electrons. The SMILES string of the molecule is CC[C@H](C)C([C@@H](CC(=O)N1CCC[C@H]1[C@H](OC)[C@@H](C)C(=O)N[C@@H](Cc1c[nH]c2ccccc12)C(=O)N1CCCCO1)OC)N(C)C(=O)[C@@H](NC(=O)[C@H](C(C)C)N(C)Cc1ccc(C(=O)ON2C(=O)CCC2=O)cc1)C(C)C. The molecule has 9 atom stereocenters. The van der Waals surface area contributed by atoms with Crippen LogP contribution >= 0.6 is 0 Å². The van der Waals surface area contributed by atoms with Crippen LogP contribution in [0.15, 0.2) is 54.7 Å². The van der Waals surface area contributed by atoms with Gasteiger partial charge in [0.1, 0.15) is 12.1 Å². The minimum absolute atomic E-state index is 0.0129. The van der Waals surface area contributed by atoms with Crippen molar-refractivity contribution in [2.45, 2.75) is 155 Å². The highest BCUT2D eigenvalue weighted by atomic mass is 16.7. The minimum Gasteiger partial charge on any atom is -0.379 e. The molecular formula is C57H82N8O12. The number of likely N-dealkylation sites (tertiary alicyclic amines) is 1. The number of aromatic nitrogens is 1. The third-order valence-corrected chi connectivity index (χ3v) is 15.6. The number of para-hydroxylation sites is 1. The first kappa shape index (κ1) is 60.0. The lowest BCUT2D eigenvalue weighted by Gasteiger charge is -2.41. The monoisotopic (exact) mass is 1070 g/mol. The molecule has 20 nitrogen and oxygen atoms in total. The van der Waals surface area contributed by atoms with Crippen LogP contribution in [0.1, 0.15) is 121 Å². The van der Waals surface area contributed by atoms with E-state index in [4.69, 9.17) is 19.1 Å². The second-order valence-electron chi connectivity index (χ2n) is 21.7. The summed E-state index contributed by atoms with van der Waals surface area (Å²) in [6, 6.07) is 10.7. The van der Waals surface area contributed by atoms with E-state index in [1.165, 1.54) is 31.4 Å². The highest BCUT2D eigenvalue weighted by molar-refractivity contribution is 6.02. The van der Waals surface area contributed by atoms with Crippen molar-refractivity contribution >= 4 is 58.2 Å². The maximum Gasteiger partial charge on any atom is 0.363 e. The molecular weight excluding hydrogens is 989 g/mol. The lowest BCUT2D eigenvalue weighted by Crippen LogP contribution is -2.60. The van der Waals surface area contributed by atoms with Crippen molar-refractivity contribution in [3.63, 3.8) is 0 Å². The molecule has 3 aliphatic rings. The number of carbonyl (C=O) groups excluding carboxylic acids is 8. The number of amides is 7. The van der Waals surface area contributed by atoms with E-state index in [9.17, 15) is 38.4 Å². The largest absolute Gasteiger partial charge is 0.379 e. The number of ether oxygens (including phenoxy) is 2. The van der Waals surface area contributed by atoms with E-state index in [1.807, 2.05) is 84.0 Å². The third kappa shape index (κ3) is 14.5. The van der Waals surface area contributed by atoms with Crippen LogP contribution in [-0.2, 0) is 65.7 Å². The Balaban J connectivity index is 1.11. The summed E-state index contributed by atoms with van der Waals surface area (Å²) >= 11 is 0. The molecule has 6 rings (SSSR count). The van der Waals surface area contributed by atoms with Crippen LogP contribution in [-0.4, -0.2) is 168 Å². The number of H-pyrrole nitrogens is 1. The number of imide groups is 1. The number of hydrogen-bond acceptors (Lipinski definition) is 13. The first-order valence-electron chi connectivity index (χ1n) is 27.3. The fraction of sp³-hybridized carbons (Fsp3) is 0.614. The van der Waals surface area contributed by atoms with Gasteiger partial charge in [-0.15, -0.1) is 5.06 Å². The molecule has 4 heterocycles. The van der Waals surface area contributed by atoms with Crippen molar-refractivity contribution in [3.05, 3.63) is 71.4 Å². The standard InChI is InChI=1S/C57H82N8O12/c1-12-36(6)51(62(9)56(72)49(34(2)3)60-54(70)50(35(4)5)61(8)33-38-21-23-39(24-22-38)57(73)77-65-46(66)25-26-47(65)67)45(74-10)31-48(68)63-27-17-20-44(63)52(75-11)37(7)53(69)59-43(55(71)64-28-15-16-29-76-64)30-40-32-58-42-19-14-13-18-41(40)42/h13-14,18-19,21-24,32,34-37,43-45,49-52,58H,12,15-17,20,25-31,33H2,1-11H3,(H,59,69)(H,60,70)/t36-,37+,43-,44-,45+,49-,50-,51?,52+/m0/s1. The van der Waals surface area contributed by atoms with Crippen LogP contribution in [0.2, 0.25) is 0 Å². The Morgan fingerprint density at radius 3 is 2.13 bits per heavy atom. The second-order valence-corrected chi connectivity index (χ2v) is 21.7. The van der Waals surface area contributed by atoms with Gasteiger partial charge in [0.15, 0.2) is 0 Å². The summed E-state index contributed by atoms with van der Waals surface area (Å²) in [7, 11) is 6.56. The number of fused-ring (bicyclic) bond motifs is 1. The van der Waals surface area contributed by atoms with Crippen LogP contribution in [0, 0.1) is 23.7 Å². The summed E-state index contributed by atoms with van der Waals surface area (Å²) in [5, 5.41) is 8.93. The van der Waals surface area contributed by atoms with E-state index >= 15 is 0 Å². The molecule has 0 bridgehead atoms. The number of hydrogen-bond donors (Lipinski definition) is 3. The zero-order valence-corrected chi connectivity index (χ0v) is 46.9. The van der Waals surface area contributed by atoms with E-state index in [-0.39, 0.29) is 78.5 Å². The second kappa shape index (κ2) is 27.4. The zero-order chi connectivity index (χ0) is 56.2. The van der Waals surface area contributed by atoms with Crippen molar-refractivity contribution in [1.29, 1.82) is 0 Å². The van der Waals surface area contributed by atoms with Gasteiger partial charge in [-0.05, 0) is 79.8 Å². The number of rotatable bonds is 25. The van der Waals surface area contributed by atoms with E-state index in [2.05, 4.69) is 15.6 Å². The van der Waals surface area contributed by atoms with Gasteiger partial charge in [-0.3, -0.25) is 43.3 Å². The van der Waals surface area contributed by atoms with Gasteiger partial charge in [0.05, 0.1) is 54.8 Å². The number of nitrogens with one attached hydrogen (secondary N) is 3. The summed E-state index contributed by atoms with van der Waals surface area (Å²) in [5.74, 6) is -4.97. The van der Waals surface area contributed by atoms with Gasteiger partial charge in [-0.25, -0.2) is 9.86 Å². The summed E-state index contributed by atoms with van der Waals surface area (Å²) < 4.78 is 12.2. The van der Waals surface area contributed by atoms with E-state index < -0.39 is 66.1 Å². The van der Waals surface area contributed by atoms with Crippen LogP contribution in [0.25, 0.3) is 10.9 Å². The Morgan fingerprint density at radius 1 is 0.831 bits per heavy atom. The van der Waals surface area contributed by atoms with E-state index in [0.717, 1.165) is 34.9 Å². The number of benzene rings is 2. The normalized spacial score (nSPS) is 19.2. The first-order chi connectivity index (χ1) is 36.7. The van der Waals surface area contributed by atoms with E-state index in [1.54, 1.807) is 35.9 Å². The zero-order valence-electron chi connectivity index (χ0n) is 46.9. The lowest BCUT2D eigenvalue weighted by atomic mass is 9.89. The Morgan fingerprint density at radius 2 is 1.52 bits per heavy atom. The van der Waals surface area contributed by atoms with Gasteiger partial charge in [0.25, 0.3) is 17.7 Å². The summed E-state index contributed by atoms with van der Waals surface area (Å²) in [6.45, 7) is 14.9. The predicted octanol–water partition coefficient (Wildman–Crippen LogP) is 5.19. The summed E-state index contributed by atoms with van der Waals surface area (Å²) in [6.07, 6.45) is 4.11. The minimum atomic E-state index is -0.927. The number of aromatic amines is 1. The lowest BCUT2D eigenvalue weighted by molar-refractivity contribution is -0.199. The fourth-order valence-corrected chi connectivity index (χ4v) is 11.2. The van der Waals surface area contributed by atoms with Crippen molar-refractivity contribution in [2.24, 2.45) is 23.7 Å². The molecule has 7 amide bonds. The topological polar surface area (TPSA) is 230 Å². The molecule has 0 saturated carbocycles. The Labute approximate surface area is 453 Å². The quantitative estimate of drug-likeness (QED) is 0.0930. The van der Waals surface area contributed by atoms with Gasteiger partial charge in [-0.1, -0.05) is 85.2 Å². The number of nitrogens with zero attached hydrogens (tertiary/aromatic N) is 5. The van der Waals surface area contributed by atoms with Gasteiger partial charge >= 0.3 is 5.97 Å². The summed E-state index contributed by atoms with van der Waals surface area (Å²) in [4.78, 5) is 128. The number of likely N-dealkylation sites (N-methyl/N-ethyl adjacent to an activating group) is 2. The predicted molar refractivity (Wildman–Crippen MR) is 287 cm³/mol. The third-order valence-electron chi connectivity index (χ3n) is 15.6. The Kier molecular flexibility index (Phi) is 21.3. The number of hydroxylamine groups is 4. The molecule has 1 aromatic heterocycles. The molecule has 77 heavy (non-hydrogen) atoms. The van der Waals surface area contributed by atoms with Crippen molar-refractivity contribution in [1.82, 2.24) is 40.4 Å². The van der Waals surface area contributed by atoms with Gasteiger partial charge in [0, 0.05) is 77.3 Å². The van der Waals surface area contributed by atoms with Crippen LogP contribution < -0.4 is 10.6 Å². The highest BCUT2D eigenvalue weighted by Crippen LogP contribution is 2.31. The maximum atomic E-state index is 14.8. The highest BCUT2D eigenvalue weighted by Gasteiger charge is 2.44. The summed E-state index contributed by atoms with van der Waals surface area (Å²) in [5.41, 5.74) is 2.72. The van der Waals surface area contributed by atoms with Gasteiger partial charge in [-0.2, -0.15) is 0 Å². The number of methoxy groups -OCH3 is 2. The average molecular weight is 1070 g/mol. The molecule has 3 aliphatic heterocycles. The molecule has 0 spiro atoms. The van der Waals surface area contributed by atoms with Crippen molar-refractivity contribution in [3.8, 4) is 0 Å². The van der Waals surface area contributed by atoms with Crippen LogP contribution in [0.3, 0.4) is 0 Å². The Bertz CT molecular complexity index is 2530.